The minimum absolute atomic E-state index is 0. The van der Waals surface area contributed by atoms with Crippen LogP contribution in [-0.4, -0.2) is 50.6 Å². The van der Waals surface area contributed by atoms with Crippen LogP contribution in [0, 0.1) is 11.3 Å². The molecule has 2 saturated heterocycles. The number of nitrogens with zero attached hydrogens (tertiary/aromatic N) is 3. The van der Waals surface area contributed by atoms with Crippen molar-refractivity contribution in [2.45, 2.75) is 32.1 Å². The summed E-state index contributed by atoms with van der Waals surface area (Å²) in [7, 11) is 1.93. The summed E-state index contributed by atoms with van der Waals surface area (Å²) < 4.78 is 1.16. The van der Waals surface area contributed by atoms with E-state index in [2.05, 4.69) is 60.3 Å². The average molecular weight is 533 g/mol. The summed E-state index contributed by atoms with van der Waals surface area (Å²) in [5.74, 6) is 1.81. The van der Waals surface area contributed by atoms with Gasteiger partial charge in [-0.05, 0) is 55.2 Å². The molecule has 1 atom stereocenters. The Bertz CT molecular complexity index is 646. The molecule has 1 saturated carbocycles. The lowest BCUT2D eigenvalue weighted by Gasteiger charge is -2.38. The third kappa shape index (κ3) is 4.32. The summed E-state index contributed by atoms with van der Waals surface area (Å²) in [5.41, 5.74) is 1.95. The Hall–Kier alpha value is -0.500. The van der Waals surface area contributed by atoms with Crippen LogP contribution in [0.1, 0.15) is 32.1 Å². The summed E-state index contributed by atoms with van der Waals surface area (Å²) in [6, 6.07) is 8.64. The first-order valence-corrected chi connectivity index (χ1v) is 10.4. The number of aliphatic imine (C=N–C) groups is 1. The predicted molar refractivity (Wildman–Crippen MR) is 124 cm³/mol. The summed E-state index contributed by atoms with van der Waals surface area (Å²) >= 11 is 3.58. The van der Waals surface area contributed by atoms with E-state index in [1.165, 1.54) is 50.9 Å². The standard InChI is InChI=1S/C20H29BrN4.HI/c1-22-19(25-11-9-20(15-25)7-3-8-20)23-13-16-6-10-24(14-16)18-5-2-4-17(21)12-18;/h2,4-5,12,16H,3,6-11,13-15H2,1H3,(H,22,23);1H. The van der Waals surface area contributed by atoms with E-state index in [1.807, 2.05) is 7.05 Å². The van der Waals surface area contributed by atoms with E-state index in [0.29, 0.717) is 11.3 Å². The van der Waals surface area contributed by atoms with Gasteiger partial charge in [0.15, 0.2) is 5.96 Å². The summed E-state index contributed by atoms with van der Waals surface area (Å²) in [4.78, 5) is 9.54. The van der Waals surface area contributed by atoms with Gasteiger partial charge >= 0.3 is 0 Å². The highest BCUT2D eigenvalue weighted by Crippen LogP contribution is 2.47. The first-order chi connectivity index (χ1) is 12.2. The summed E-state index contributed by atoms with van der Waals surface area (Å²) in [6.45, 7) is 5.69. The first-order valence-electron chi connectivity index (χ1n) is 9.64. The Balaban J connectivity index is 0.00000196. The van der Waals surface area contributed by atoms with Crippen LogP contribution in [0.15, 0.2) is 33.7 Å². The van der Waals surface area contributed by atoms with Gasteiger partial charge in [-0.3, -0.25) is 4.99 Å². The molecule has 4 nitrogen and oxygen atoms in total. The number of guanidine groups is 1. The second-order valence-corrected chi connectivity index (χ2v) is 8.95. The average Bonchev–Trinajstić information content (AvgIpc) is 3.22. The third-order valence-corrected chi connectivity index (χ3v) is 6.87. The van der Waals surface area contributed by atoms with Gasteiger partial charge in [-0.1, -0.05) is 28.4 Å². The van der Waals surface area contributed by atoms with Gasteiger partial charge in [-0.15, -0.1) is 24.0 Å². The number of benzene rings is 1. The fourth-order valence-corrected chi connectivity index (χ4v) is 5.06. The van der Waals surface area contributed by atoms with Crippen molar-refractivity contribution in [3.63, 3.8) is 0 Å². The predicted octanol–water partition coefficient (Wildman–Crippen LogP) is 4.34. The van der Waals surface area contributed by atoms with Crippen molar-refractivity contribution in [2.75, 3.05) is 44.7 Å². The first kappa shape index (κ1) is 20.2. The third-order valence-electron chi connectivity index (χ3n) is 6.37. The normalized spacial score (nSPS) is 24.5. The molecular formula is C20H30BrIN4. The number of hydrogen-bond acceptors (Lipinski definition) is 2. The molecule has 2 aliphatic heterocycles. The fraction of sp³-hybridized carbons (Fsp3) is 0.650. The molecule has 2 heterocycles. The van der Waals surface area contributed by atoms with E-state index in [1.54, 1.807) is 0 Å². The molecule has 1 N–H and O–H groups in total. The lowest BCUT2D eigenvalue weighted by Crippen LogP contribution is -2.44. The number of likely N-dealkylation sites (tertiary alicyclic amines) is 1. The smallest absolute Gasteiger partial charge is 0.193 e. The van der Waals surface area contributed by atoms with Crippen molar-refractivity contribution in [1.82, 2.24) is 10.2 Å². The zero-order valence-electron chi connectivity index (χ0n) is 15.6. The van der Waals surface area contributed by atoms with Crippen molar-refractivity contribution in [3.8, 4) is 0 Å². The molecule has 6 heteroatoms. The molecule has 0 amide bonds. The molecule has 3 aliphatic rings. The largest absolute Gasteiger partial charge is 0.371 e. The lowest BCUT2D eigenvalue weighted by molar-refractivity contribution is 0.151. The number of anilines is 1. The lowest BCUT2D eigenvalue weighted by atomic mass is 9.68. The molecule has 4 rings (SSSR count). The molecule has 1 spiro atoms. The number of nitrogens with one attached hydrogen (secondary N) is 1. The van der Waals surface area contributed by atoms with Crippen LogP contribution >= 0.6 is 39.9 Å². The van der Waals surface area contributed by atoms with Gasteiger partial charge in [0.25, 0.3) is 0 Å². The zero-order chi connectivity index (χ0) is 17.3. The van der Waals surface area contributed by atoms with Gasteiger partial charge in [0, 0.05) is 49.9 Å². The minimum Gasteiger partial charge on any atom is -0.371 e. The maximum Gasteiger partial charge on any atom is 0.193 e. The monoisotopic (exact) mass is 532 g/mol. The molecule has 3 fully saturated rings. The molecule has 26 heavy (non-hydrogen) atoms. The highest BCUT2D eigenvalue weighted by molar-refractivity contribution is 14.0. The second-order valence-electron chi connectivity index (χ2n) is 8.03. The number of hydrogen-bond donors (Lipinski definition) is 1. The molecule has 1 aliphatic carbocycles. The van der Waals surface area contributed by atoms with Crippen LogP contribution in [0.3, 0.4) is 0 Å². The van der Waals surface area contributed by atoms with Crippen LogP contribution in [-0.2, 0) is 0 Å². The van der Waals surface area contributed by atoms with E-state index >= 15 is 0 Å². The van der Waals surface area contributed by atoms with Gasteiger partial charge in [-0.25, -0.2) is 0 Å². The number of halogens is 2. The Labute approximate surface area is 182 Å². The van der Waals surface area contributed by atoms with Crippen LogP contribution in [0.4, 0.5) is 5.69 Å². The van der Waals surface area contributed by atoms with Crippen LogP contribution in [0.5, 0.6) is 0 Å². The Morgan fingerprint density at radius 1 is 1.31 bits per heavy atom. The second kappa shape index (κ2) is 8.67. The van der Waals surface area contributed by atoms with E-state index in [-0.39, 0.29) is 24.0 Å². The maximum atomic E-state index is 4.56. The molecule has 1 aromatic rings. The maximum absolute atomic E-state index is 4.56. The van der Waals surface area contributed by atoms with Gasteiger partial charge in [0.2, 0.25) is 0 Å². The van der Waals surface area contributed by atoms with Gasteiger partial charge in [-0.2, -0.15) is 0 Å². The van der Waals surface area contributed by atoms with Crippen molar-refractivity contribution in [2.24, 2.45) is 16.3 Å². The van der Waals surface area contributed by atoms with E-state index < -0.39 is 0 Å². The van der Waals surface area contributed by atoms with E-state index in [4.69, 9.17) is 0 Å². The quantitative estimate of drug-likeness (QED) is 0.357. The van der Waals surface area contributed by atoms with Crippen LogP contribution in [0.25, 0.3) is 0 Å². The SMILES string of the molecule is CN=C(NCC1CCN(c2cccc(Br)c2)C1)N1CCC2(CCC2)C1.I. The molecule has 0 aromatic heterocycles. The summed E-state index contributed by atoms with van der Waals surface area (Å²) in [6.07, 6.45) is 6.87. The van der Waals surface area contributed by atoms with Crippen LogP contribution in [0.2, 0.25) is 0 Å². The van der Waals surface area contributed by atoms with Crippen molar-refractivity contribution in [3.05, 3.63) is 28.7 Å². The summed E-state index contributed by atoms with van der Waals surface area (Å²) in [5, 5.41) is 3.66. The number of rotatable bonds is 3. The van der Waals surface area contributed by atoms with E-state index in [9.17, 15) is 0 Å². The molecule has 144 valence electrons. The Morgan fingerprint density at radius 3 is 2.81 bits per heavy atom. The van der Waals surface area contributed by atoms with Crippen molar-refractivity contribution in [1.29, 1.82) is 0 Å². The van der Waals surface area contributed by atoms with Crippen LogP contribution < -0.4 is 10.2 Å². The highest BCUT2D eigenvalue weighted by Gasteiger charge is 2.43. The van der Waals surface area contributed by atoms with Gasteiger partial charge in [0.05, 0.1) is 0 Å². The molecule has 1 aromatic carbocycles. The topological polar surface area (TPSA) is 30.9 Å². The molecular weight excluding hydrogens is 503 g/mol. The Kier molecular flexibility index (Phi) is 6.75. The molecule has 0 radical (unpaired) electrons. The minimum atomic E-state index is 0. The highest BCUT2D eigenvalue weighted by atomic mass is 127. The molecule has 0 bridgehead atoms. The van der Waals surface area contributed by atoms with Gasteiger partial charge < -0.3 is 15.1 Å². The fourth-order valence-electron chi connectivity index (χ4n) is 4.68. The van der Waals surface area contributed by atoms with Crippen molar-refractivity contribution < 1.29 is 0 Å². The van der Waals surface area contributed by atoms with E-state index in [0.717, 1.165) is 30.1 Å². The van der Waals surface area contributed by atoms with Crippen molar-refractivity contribution >= 4 is 51.6 Å². The molecule has 1 unspecified atom stereocenters. The Morgan fingerprint density at radius 2 is 2.15 bits per heavy atom. The zero-order valence-corrected chi connectivity index (χ0v) is 19.5. The van der Waals surface area contributed by atoms with Gasteiger partial charge in [0.1, 0.15) is 0 Å².